The molecule has 5 heterocycles. The number of fused-ring (bicyclic) bond motifs is 8. The third kappa shape index (κ3) is 5.52. The standard InChI is InChI=1S/C45H30N4.Ni/c1-29-28-40-43(32-18-10-4-11-19-32)38-25-24-36(47-38)41(30-14-6-2-7-15-30)34-22-23-35(46-34)42(31-16-8-3-9-17-31)37-26-27-39(48-37)44(45(29)49-40)33-20-12-5-13-21-33;/h2-28H,1H3;/q-2;+2. The van der Waals surface area contributed by atoms with Gasteiger partial charge >= 0.3 is 16.5 Å². The van der Waals surface area contributed by atoms with Crippen molar-refractivity contribution in [1.82, 2.24) is 19.9 Å². The Bertz CT molecular complexity index is 2580. The SMILES string of the molecule is CC1=Cc2nc1c(-c1ccccc1)c1ccc([n-]1)c(-c1ccccc1)c1nc(c(-c3ccccc3)c3ccc([n-]3)c2-c2ccccc2)C=C1.[Ni+2]. The Balaban J connectivity index is 0.00000361. The summed E-state index contributed by atoms with van der Waals surface area (Å²) in [6.45, 7) is 2.14. The van der Waals surface area contributed by atoms with E-state index in [4.69, 9.17) is 19.9 Å². The number of benzene rings is 4. The second-order valence-electron chi connectivity index (χ2n) is 12.3. The number of hydrogen-bond acceptors (Lipinski definition) is 2. The van der Waals surface area contributed by atoms with Crippen molar-refractivity contribution in [3.63, 3.8) is 0 Å². The van der Waals surface area contributed by atoms with Crippen molar-refractivity contribution in [3.8, 4) is 44.5 Å². The molecule has 3 aromatic heterocycles. The van der Waals surface area contributed by atoms with Gasteiger partial charge in [-0.1, -0.05) is 146 Å². The summed E-state index contributed by atoms with van der Waals surface area (Å²) in [5.41, 5.74) is 16.2. The smallest absolute Gasteiger partial charge is 0.657 e. The first-order valence-electron chi connectivity index (χ1n) is 16.5. The van der Waals surface area contributed by atoms with Gasteiger partial charge < -0.3 is 9.97 Å². The molecule has 0 amide bonds. The van der Waals surface area contributed by atoms with E-state index in [-0.39, 0.29) is 16.5 Å². The molecule has 0 radical (unpaired) electrons. The average molecular weight is 685 g/mol. The number of hydrogen-bond donors (Lipinski definition) is 0. The summed E-state index contributed by atoms with van der Waals surface area (Å²) in [7, 11) is 0. The summed E-state index contributed by atoms with van der Waals surface area (Å²) >= 11 is 0. The molecule has 0 fully saturated rings. The number of nitrogens with zero attached hydrogens (tertiary/aromatic N) is 4. The number of aromatic nitrogens is 4. The Hall–Kier alpha value is -6.03. The maximum Gasteiger partial charge on any atom is 2.00 e. The molecule has 9 rings (SSSR count). The first-order chi connectivity index (χ1) is 24.2. The third-order valence-corrected chi connectivity index (χ3v) is 9.16. The van der Waals surface area contributed by atoms with Crippen molar-refractivity contribution in [2.75, 3.05) is 0 Å². The summed E-state index contributed by atoms with van der Waals surface area (Å²) < 4.78 is 0. The minimum Gasteiger partial charge on any atom is -0.657 e. The quantitative estimate of drug-likeness (QED) is 0.173. The molecule has 4 nitrogen and oxygen atoms in total. The fourth-order valence-electron chi connectivity index (χ4n) is 6.92. The molecular weight excluding hydrogens is 655 g/mol. The predicted octanol–water partition coefficient (Wildman–Crippen LogP) is 11.0. The molecule has 0 unspecified atom stereocenters. The van der Waals surface area contributed by atoms with Crippen molar-refractivity contribution < 1.29 is 16.5 Å². The van der Waals surface area contributed by atoms with Crippen LogP contribution in [0.25, 0.3) is 90.4 Å². The fraction of sp³-hybridized carbons (Fsp3) is 0.0222. The number of allylic oxidation sites excluding steroid dienone is 1. The zero-order valence-electron chi connectivity index (χ0n) is 27.2. The fourth-order valence-corrected chi connectivity index (χ4v) is 6.92. The Labute approximate surface area is 300 Å². The molecule has 240 valence electrons. The van der Waals surface area contributed by atoms with Gasteiger partial charge in [0.15, 0.2) is 0 Å². The summed E-state index contributed by atoms with van der Waals surface area (Å²) in [6, 6.07) is 50.2. The van der Waals surface area contributed by atoms with Crippen LogP contribution in [0.5, 0.6) is 0 Å². The zero-order valence-corrected chi connectivity index (χ0v) is 28.2. The van der Waals surface area contributed by atoms with Gasteiger partial charge in [0.1, 0.15) is 0 Å². The van der Waals surface area contributed by atoms with Crippen molar-refractivity contribution in [2.24, 2.45) is 0 Å². The maximum atomic E-state index is 5.41. The summed E-state index contributed by atoms with van der Waals surface area (Å²) in [6.07, 6.45) is 6.40. The van der Waals surface area contributed by atoms with E-state index in [9.17, 15) is 0 Å². The molecule has 4 aromatic carbocycles. The van der Waals surface area contributed by atoms with E-state index >= 15 is 0 Å². The molecule has 0 saturated heterocycles. The molecule has 0 aliphatic carbocycles. The van der Waals surface area contributed by atoms with Gasteiger partial charge in [0.25, 0.3) is 0 Å². The molecule has 0 spiro atoms. The van der Waals surface area contributed by atoms with Gasteiger partial charge in [-0.25, -0.2) is 9.97 Å². The maximum absolute atomic E-state index is 5.41. The predicted molar refractivity (Wildman–Crippen MR) is 203 cm³/mol. The van der Waals surface area contributed by atoms with Crippen LogP contribution in [-0.2, 0) is 16.5 Å². The first kappa shape index (κ1) is 31.3. The Morgan fingerprint density at radius 3 is 1.12 bits per heavy atom. The van der Waals surface area contributed by atoms with E-state index in [1.54, 1.807) is 0 Å². The van der Waals surface area contributed by atoms with Gasteiger partial charge in [-0.3, -0.25) is 0 Å². The van der Waals surface area contributed by atoms with Crippen LogP contribution in [0.1, 0.15) is 29.7 Å². The van der Waals surface area contributed by atoms with Crippen LogP contribution in [-0.4, -0.2) is 9.97 Å². The van der Waals surface area contributed by atoms with E-state index in [0.717, 1.165) is 94.9 Å². The van der Waals surface area contributed by atoms with Crippen molar-refractivity contribution in [3.05, 3.63) is 168 Å². The van der Waals surface area contributed by atoms with Crippen LogP contribution in [0.2, 0.25) is 0 Å². The Morgan fingerprint density at radius 1 is 0.380 bits per heavy atom. The van der Waals surface area contributed by atoms with Crippen molar-refractivity contribution in [2.45, 2.75) is 6.92 Å². The van der Waals surface area contributed by atoms with Gasteiger partial charge in [-0.2, -0.15) is 0 Å². The van der Waals surface area contributed by atoms with E-state index in [1.165, 1.54) is 0 Å². The van der Waals surface area contributed by atoms with Crippen LogP contribution < -0.4 is 9.97 Å². The van der Waals surface area contributed by atoms with Gasteiger partial charge in [-0.15, -0.1) is 22.1 Å². The molecule has 2 aliphatic rings. The van der Waals surface area contributed by atoms with Crippen LogP contribution >= 0.6 is 0 Å². The molecule has 8 bridgehead atoms. The second kappa shape index (κ2) is 13.1. The van der Waals surface area contributed by atoms with Crippen molar-refractivity contribution >= 4 is 45.9 Å². The van der Waals surface area contributed by atoms with E-state index < -0.39 is 0 Å². The molecular formula is C45H30N4Ni. The molecule has 2 aliphatic heterocycles. The van der Waals surface area contributed by atoms with Crippen LogP contribution in [0, 0.1) is 0 Å². The molecule has 50 heavy (non-hydrogen) atoms. The Kier molecular flexibility index (Phi) is 8.20. The molecule has 5 heteroatoms. The minimum atomic E-state index is 0. The van der Waals surface area contributed by atoms with Crippen LogP contribution in [0.15, 0.2) is 146 Å². The molecule has 0 N–H and O–H groups in total. The zero-order chi connectivity index (χ0) is 32.7. The largest absolute Gasteiger partial charge is 2.00 e. The minimum absolute atomic E-state index is 0. The first-order valence-corrected chi connectivity index (χ1v) is 16.5. The van der Waals surface area contributed by atoms with E-state index in [1.807, 2.05) is 24.3 Å². The summed E-state index contributed by atoms with van der Waals surface area (Å²) in [5, 5.41) is 0. The second-order valence-corrected chi connectivity index (χ2v) is 12.3. The Morgan fingerprint density at radius 2 is 0.720 bits per heavy atom. The van der Waals surface area contributed by atoms with Gasteiger partial charge in [-0.05, 0) is 75.2 Å². The van der Waals surface area contributed by atoms with Crippen molar-refractivity contribution in [1.29, 1.82) is 0 Å². The van der Waals surface area contributed by atoms with Gasteiger partial charge in [0.05, 0.1) is 22.8 Å². The van der Waals surface area contributed by atoms with E-state index in [0.29, 0.717) is 0 Å². The summed E-state index contributed by atoms with van der Waals surface area (Å²) in [4.78, 5) is 21.4. The average Bonchev–Trinajstić information content (AvgIpc) is 3.98. The van der Waals surface area contributed by atoms with Crippen LogP contribution in [0.3, 0.4) is 0 Å². The normalized spacial score (nSPS) is 12.0. The molecule has 0 atom stereocenters. The van der Waals surface area contributed by atoms with Crippen LogP contribution in [0.4, 0.5) is 0 Å². The van der Waals surface area contributed by atoms with E-state index in [2.05, 4.69) is 146 Å². The molecule has 7 aromatic rings. The summed E-state index contributed by atoms with van der Waals surface area (Å²) in [5.74, 6) is 0. The monoisotopic (exact) mass is 684 g/mol. The topological polar surface area (TPSA) is 54.0 Å². The van der Waals surface area contributed by atoms with Gasteiger partial charge in [0.2, 0.25) is 0 Å². The third-order valence-electron chi connectivity index (χ3n) is 9.16. The van der Waals surface area contributed by atoms with Gasteiger partial charge in [0, 0.05) is 0 Å². The number of rotatable bonds is 4. The molecule has 0 saturated carbocycles.